The molecule has 0 atom stereocenters. The highest BCUT2D eigenvalue weighted by molar-refractivity contribution is 6.04. The van der Waals surface area contributed by atoms with Crippen LogP contribution in [0.2, 0.25) is 0 Å². The zero-order valence-electron chi connectivity index (χ0n) is 10.3. The predicted octanol–water partition coefficient (Wildman–Crippen LogP) is 2.08. The summed E-state index contributed by atoms with van der Waals surface area (Å²) in [6.45, 7) is 1.90. The van der Waals surface area contributed by atoms with Gasteiger partial charge in [0.15, 0.2) is 5.82 Å². The summed E-state index contributed by atoms with van der Waals surface area (Å²) >= 11 is 0. The fraction of sp³-hybridized carbons (Fsp3) is 0.154. The summed E-state index contributed by atoms with van der Waals surface area (Å²) in [7, 11) is 1.84. The van der Waals surface area contributed by atoms with Crippen molar-refractivity contribution in [3.63, 3.8) is 0 Å². The van der Waals surface area contributed by atoms with Crippen LogP contribution in [-0.2, 0) is 0 Å². The number of anilines is 2. The van der Waals surface area contributed by atoms with Gasteiger partial charge in [-0.2, -0.15) is 0 Å². The number of hydrogen-bond acceptors (Lipinski definition) is 4. The molecule has 2 aromatic rings. The van der Waals surface area contributed by atoms with Gasteiger partial charge < -0.3 is 10.6 Å². The molecule has 1 aromatic carbocycles. The average molecular weight is 242 g/mol. The van der Waals surface area contributed by atoms with E-state index < -0.39 is 0 Å². The highest BCUT2D eigenvalue weighted by atomic mass is 16.1. The highest BCUT2D eigenvalue weighted by Gasteiger charge is 2.10. The molecule has 0 aliphatic rings. The van der Waals surface area contributed by atoms with Crippen molar-refractivity contribution in [2.24, 2.45) is 0 Å². The van der Waals surface area contributed by atoms with Crippen LogP contribution in [0.25, 0.3) is 0 Å². The van der Waals surface area contributed by atoms with Crippen LogP contribution in [0.4, 0.5) is 11.5 Å². The van der Waals surface area contributed by atoms with Crippen LogP contribution in [0.1, 0.15) is 15.9 Å². The van der Waals surface area contributed by atoms with E-state index in [9.17, 15) is 4.79 Å². The molecule has 0 saturated carbocycles. The molecule has 18 heavy (non-hydrogen) atoms. The van der Waals surface area contributed by atoms with E-state index in [1.165, 1.54) is 12.4 Å². The Morgan fingerprint density at radius 3 is 2.72 bits per heavy atom. The maximum absolute atomic E-state index is 12.0. The molecule has 2 rings (SSSR count). The number of nitrogens with one attached hydrogen (secondary N) is 2. The van der Waals surface area contributed by atoms with E-state index in [0.717, 1.165) is 11.3 Å². The molecule has 0 spiro atoms. The zero-order valence-corrected chi connectivity index (χ0v) is 10.3. The molecule has 0 saturated heterocycles. The maximum atomic E-state index is 12.0. The highest BCUT2D eigenvalue weighted by Crippen LogP contribution is 2.15. The van der Waals surface area contributed by atoms with Crippen LogP contribution in [0.5, 0.6) is 0 Å². The van der Waals surface area contributed by atoms with E-state index in [-0.39, 0.29) is 5.91 Å². The predicted molar refractivity (Wildman–Crippen MR) is 70.7 cm³/mol. The lowest BCUT2D eigenvalue weighted by Crippen LogP contribution is -2.14. The molecule has 1 heterocycles. The van der Waals surface area contributed by atoms with Crippen molar-refractivity contribution in [1.82, 2.24) is 9.97 Å². The third-order valence-electron chi connectivity index (χ3n) is 2.56. The van der Waals surface area contributed by atoms with Crippen molar-refractivity contribution in [3.05, 3.63) is 47.9 Å². The second-order valence-corrected chi connectivity index (χ2v) is 3.82. The molecule has 92 valence electrons. The topological polar surface area (TPSA) is 66.9 Å². The molecule has 0 bridgehead atoms. The van der Waals surface area contributed by atoms with Crippen LogP contribution in [0.3, 0.4) is 0 Å². The monoisotopic (exact) mass is 242 g/mol. The van der Waals surface area contributed by atoms with Crippen molar-refractivity contribution in [3.8, 4) is 0 Å². The van der Waals surface area contributed by atoms with Gasteiger partial charge in [0.2, 0.25) is 0 Å². The first-order valence-electron chi connectivity index (χ1n) is 5.56. The third kappa shape index (κ3) is 2.63. The number of amides is 1. The number of carbonyl (C=O) groups excluding carboxylic acids is 1. The minimum absolute atomic E-state index is 0.185. The van der Waals surface area contributed by atoms with Crippen molar-refractivity contribution >= 4 is 17.4 Å². The summed E-state index contributed by atoms with van der Waals surface area (Å²) < 4.78 is 0. The van der Waals surface area contributed by atoms with Crippen LogP contribution in [-0.4, -0.2) is 22.9 Å². The molecule has 2 N–H and O–H groups in total. The van der Waals surface area contributed by atoms with Gasteiger partial charge in [0, 0.05) is 30.7 Å². The summed E-state index contributed by atoms with van der Waals surface area (Å²) in [6.07, 6.45) is 4.60. The molecular weight excluding hydrogens is 228 g/mol. The lowest BCUT2D eigenvalue weighted by atomic mass is 10.1. The van der Waals surface area contributed by atoms with Gasteiger partial charge in [0.1, 0.15) is 0 Å². The van der Waals surface area contributed by atoms with Crippen molar-refractivity contribution < 1.29 is 4.79 Å². The fourth-order valence-electron chi connectivity index (χ4n) is 1.62. The minimum atomic E-state index is -0.185. The van der Waals surface area contributed by atoms with E-state index in [1.807, 2.05) is 26.1 Å². The van der Waals surface area contributed by atoms with Gasteiger partial charge in [0.25, 0.3) is 5.91 Å². The second kappa shape index (κ2) is 5.27. The fourth-order valence-corrected chi connectivity index (χ4v) is 1.62. The normalized spacial score (nSPS) is 9.89. The Labute approximate surface area is 105 Å². The first kappa shape index (κ1) is 12.0. The van der Waals surface area contributed by atoms with Gasteiger partial charge in [-0.15, -0.1) is 0 Å². The first-order valence-corrected chi connectivity index (χ1v) is 5.56. The third-order valence-corrected chi connectivity index (χ3v) is 2.56. The number of rotatable bonds is 3. The number of hydrogen-bond donors (Lipinski definition) is 2. The summed E-state index contributed by atoms with van der Waals surface area (Å²) in [4.78, 5) is 19.9. The lowest BCUT2D eigenvalue weighted by Gasteiger charge is -2.08. The molecule has 5 nitrogen and oxygen atoms in total. The molecular formula is C13H14N4O. The summed E-state index contributed by atoms with van der Waals surface area (Å²) in [5.74, 6) is 0.259. The molecule has 5 heteroatoms. The van der Waals surface area contributed by atoms with E-state index in [1.54, 1.807) is 12.3 Å². The van der Waals surface area contributed by atoms with Crippen molar-refractivity contribution in [2.45, 2.75) is 6.92 Å². The molecule has 0 unspecified atom stereocenters. The van der Waals surface area contributed by atoms with Crippen molar-refractivity contribution in [2.75, 3.05) is 17.7 Å². The Hall–Kier alpha value is -2.43. The van der Waals surface area contributed by atoms with Gasteiger partial charge in [-0.3, -0.25) is 9.78 Å². The van der Waals surface area contributed by atoms with Gasteiger partial charge in [-0.1, -0.05) is 0 Å². The van der Waals surface area contributed by atoms with Gasteiger partial charge in [-0.25, -0.2) is 4.98 Å². The Morgan fingerprint density at radius 2 is 2.11 bits per heavy atom. The van der Waals surface area contributed by atoms with Crippen molar-refractivity contribution in [1.29, 1.82) is 0 Å². The molecule has 1 aromatic heterocycles. The van der Waals surface area contributed by atoms with Gasteiger partial charge in [0.05, 0.1) is 6.20 Å². The maximum Gasteiger partial charge on any atom is 0.257 e. The number of carbonyl (C=O) groups is 1. The Bertz CT molecular complexity index is 554. The Balaban J connectivity index is 2.19. The summed E-state index contributed by atoms with van der Waals surface area (Å²) in [6, 6.07) is 5.57. The van der Waals surface area contributed by atoms with Crippen LogP contribution in [0, 0.1) is 6.92 Å². The largest absolute Gasteiger partial charge is 0.388 e. The van der Waals surface area contributed by atoms with Crippen LogP contribution >= 0.6 is 0 Å². The van der Waals surface area contributed by atoms with E-state index in [2.05, 4.69) is 20.6 Å². The zero-order chi connectivity index (χ0) is 13.0. The van der Waals surface area contributed by atoms with E-state index in [0.29, 0.717) is 11.4 Å². The SMILES string of the molecule is CNc1ccc(C(=O)Nc2cnccn2)c(C)c1. The molecule has 0 radical (unpaired) electrons. The Morgan fingerprint density at radius 1 is 1.28 bits per heavy atom. The molecule has 0 fully saturated rings. The Kier molecular flexibility index (Phi) is 3.52. The summed E-state index contributed by atoms with van der Waals surface area (Å²) in [5.41, 5.74) is 2.51. The summed E-state index contributed by atoms with van der Waals surface area (Å²) in [5, 5.41) is 5.73. The van der Waals surface area contributed by atoms with Gasteiger partial charge in [-0.05, 0) is 30.7 Å². The number of nitrogens with zero attached hydrogens (tertiary/aromatic N) is 2. The number of aryl methyl sites for hydroxylation is 1. The molecule has 1 amide bonds. The quantitative estimate of drug-likeness (QED) is 0.864. The van der Waals surface area contributed by atoms with E-state index in [4.69, 9.17) is 0 Å². The first-order chi connectivity index (χ1) is 8.70. The minimum Gasteiger partial charge on any atom is -0.388 e. The van der Waals surface area contributed by atoms with Crippen LogP contribution in [0.15, 0.2) is 36.8 Å². The second-order valence-electron chi connectivity index (χ2n) is 3.82. The van der Waals surface area contributed by atoms with Gasteiger partial charge >= 0.3 is 0 Å². The average Bonchev–Trinajstić information content (AvgIpc) is 2.39. The number of aromatic nitrogens is 2. The number of benzene rings is 1. The van der Waals surface area contributed by atoms with Crippen LogP contribution < -0.4 is 10.6 Å². The molecule has 0 aliphatic carbocycles. The lowest BCUT2D eigenvalue weighted by molar-refractivity contribution is 0.102. The standard InChI is InChI=1S/C13H14N4O/c1-9-7-10(14-2)3-4-11(9)13(18)17-12-8-15-5-6-16-12/h3-8,14H,1-2H3,(H,16,17,18). The van der Waals surface area contributed by atoms with E-state index >= 15 is 0 Å². The smallest absolute Gasteiger partial charge is 0.257 e. The molecule has 0 aliphatic heterocycles.